The maximum absolute atomic E-state index is 13.6. The van der Waals surface area contributed by atoms with Gasteiger partial charge in [-0.25, -0.2) is 4.39 Å². The van der Waals surface area contributed by atoms with Gasteiger partial charge in [-0.15, -0.1) is 0 Å². The summed E-state index contributed by atoms with van der Waals surface area (Å²) in [6.07, 6.45) is 3.45. The van der Waals surface area contributed by atoms with Gasteiger partial charge in [-0.1, -0.05) is 41.4 Å². The molecule has 28 heavy (non-hydrogen) atoms. The second kappa shape index (κ2) is 9.04. The van der Waals surface area contributed by atoms with E-state index in [1.54, 1.807) is 12.4 Å². The van der Waals surface area contributed by atoms with Crippen molar-refractivity contribution in [2.24, 2.45) is 0 Å². The van der Waals surface area contributed by atoms with Crippen LogP contribution in [0.3, 0.4) is 0 Å². The van der Waals surface area contributed by atoms with Crippen molar-refractivity contribution in [3.05, 3.63) is 93.5 Å². The Balaban J connectivity index is 1.62. The van der Waals surface area contributed by atoms with Crippen molar-refractivity contribution in [1.82, 2.24) is 10.3 Å². The van der Waals surface area contributed by atoms with Crippen LogP contribution in [0.4, 0.5) is 4.39 Å². The summed E-state index contributed by atoms with van der Waals surface area (Å²) in [6.45, 7) is 2.24. The Morgan fingerprint density at radius 2 is 1.93 bits per heavy atom. The van der Waals surface area contributed by atoms with Crippen LogP contribution in [0.15, 0.2) is 60.9 Å². The maximum atomic E-state index is 13.6. The molecule has 1 amide bonds. The summed E-state index contributed by atoms with van der Waals surface area (Å²) < 4.78 is 19.3. The summed E-state index contributed by atoms with van der Waals surface area (Å²) in [5.41, 5.74) is 1.87. The number of aromatic nitrogens is 1. The van der Waals surface area contributed by atoms with Crippen molar-refractivity contribution in [2.45, 2.75) is 19.6 Å². The van der Waals surface area contributed by atoms with Crippen molar-refractivity contribution >= 4 is 29.1 Å². The molecule has 144 valence electrons. The molecule has 3 rings (SSSR count). The monoisotopic (exact) mass is 418 g/mol. The summed E-state index contributed by atoms with van der Waals surface area (Å²) >= 11 is 11.7. The third kappa shape index (κ3) is 5.00. The van der Waals surface area contributed by atoms with E-state index in [1.165, 1.54) is 6.07 Å². The number of nitrogens with zero attached hydrogens (tertiary/aromatic N) is 1. The molecule has 0 aliphatic carbocycles. The van der Waals surface area contributed by atoms with Crippen LogP contribution >= 0.6 is 23.2 Å². The average molecular weight is 419 g/mol. The van der Waals surface area contributed by atoms with Gasteiger partial charge in [-0.3, -0.25) is 9.78 Å². The molecule has 1 unspecified atom stereocenters. The van der Waals surface area contributed by atoms with E-state index in [-0.39, 0.29) is 21.7 Å². The van der Waals surface area contributed by atoms with E-state index in [2.05, 4.69) is 10.3 Å². The molecule has 1 aromatic heterocycles. The highest BCUT2D eigenvalue weighted by molar-refractivity contribution is 6.36. The SMILES string of the molecule is CC(NC(=O)c1cc(F)c(Cl)cc1Cl)c1ccc(OCc2cccnc2)cc1. The first kappa shape index (κ1) is 20.1. The molecule has 1 atom stereocenters. The lowest BCUT2D eigenvalue weighted by atomic mass is 10.1. The highest BCUT2D eigenvalue weighted by Gasteiger charge is 2.17. The number of ether oxygens (including phenoxy) is 1. The van der Waals surface area contributed by atoms with Crippen LogP contribution in [-0.4, -0.2) is 10.9 Å². The molecular formula is C21H17Cl2FN2O2. The number of pyridine rings is 1. The van der Waals surface area contributed by atoms with Crippen LogP contribution in [0.2, 0.25) is 10.0 Å². The Bertz CT molecular complexity index is 966. The van der Waals surface area contributed by atoms with Gasteiger partial charge in [-0.05, 0) is 42.8 Å². The summed E-state index contributed by atoms with van der Waals surface area (Å²) in [7, 11) is 0. The number of hydrogen-bond acceptors (Lipinski definition) is 3. The van der Waals surface area contributed by atoms with Crippen LogP contribution in [-0.2, 0) is 6.61 Å². The van der Waals surface area contributed by atoms with Gasteiger partial charge in [0.1, 0.15) is 18.2 Å². The van der Waals surface area contributed by atoms with E-state index in [4.69, 9.17) is 27.9 Å². The van der Waals surface area contributed by atoms with Crippen molar-refractivity contribution < 1.29 is 13.9 Å². The van der Waals surface area contributed by atoms with Crippen LogP contribution in [0.5, 0.6) is 5.75 Å². The van der Waals surface area contributed by atoms with E-state index in [9.17, 15) is 9.18 Å². The first-order valence-electron chi connectivity index (χ1n) is 8.51. The van der Waals surface area contributed by atoms with Crippen LogP contribution in [0, 0.1) is 5.82 Å². The molecule has 1 N–H and O–H groups in total. The smallest absolute Gasteiger partial charge is 0.253 e. The van der Waals surface area contributed by atoms with Crippen molar-refractivity contribution in [3.8, 4) is 5.75 Å². The molecule has 7 heteroatoms. The predicted molar refractivity (Wildman–Crippen MR) is 107 cm³/mol. The van der Waals surface area contributed by atoms with Crippen LogP contribution in [0.1, 0.15) is 34.5 Å². The van der Waals surface area contributed by atoms with Crippen molar-refractivity contribution in [1.29, 1.82) is 0 Å². The van der Waals surface area contributed by atoms with Crippen LogP contribution in [0.25, 0.3) is 0 Å². The van der Waals surface area contributed by atoms with Crippen molar-refractivity contribution in [2.75, 3.05) is 0 Å². The quantitative estimate of drug-likeness (QED) is 0.530. The summed E-state index contributed by atoms with van der Waals surface area (Å²) in [5.74, 6) is -0.474. The highest BCUT2D eigenvalue weighted by Crippen LogP contribution is 2.25. The Hall–Kier alpha value is -2.63. The number of carbonyl (C=O) groups is 1. The zero-order valence-electron chi connectivity index (χ0n) is 15.0. The molecule has 0 radical (unpaired) electrons. The fraction of sp³-hybridized carbons (Fsp3) is 0.143. The lowest BCUT2D eigenvalue weighted by Gasteiger charge is -2.16. The molecule has 3 aromatic rings. The molecule has 0 aliphatic heterocycles. The number of hydrogen-bond donors (Lipinski definition) is 1. The minimum atomic E-state index is -0.695. The molecule has 0 bridgehead atoms. The van der Waals surface area contributed by atoms with Gasteiger partial charge in [0, 0.05) is 18.0 Å². The van der Waals surface area contributed by atoms with Gasteiger partial charge in [0.15, 0.2) is 0 Å². The number of benzene rings is 2. The van der Waals surface area contributed by atoms with Gasteiger partial charge >= 0.3 is 0 Å². The molecule has 0 aliphatic rings. The van der Waals surface area contributed by atoms with E-state index >= 15 is 0 Å². The second-order valence-electron chi connectivity index (χ2n) is 6.16. The average Bonchev–Trinajstić information content (AvgIpc) is 2.70. The fourth-order valence-corrected chi connectivity index (χ4v) is 3.03. The molecule has 0 spiro atoms. The lowest BCUT2D eigenvalue weighted by Crippen LogP contribution is -2.27. The Labute approximate surface area is 172 Å². The minimum Gasteiger partial charge on any atom is -0.489 e. The highest BCUT2D eigenvalue weighted by atomic mass is 35.5. The predicted octanol–water partition coefficient (Wildman–Crippen LogP) is 5.60. The van der Waals surface area contributed by atoms with Crippen molar-refractivity contribution in [3.63, 3.8) is 0 Å². The lowest BCUT2D eigenvalue weighted by molar-refractivity contribution is 0.0939. The van der Waals surface area contributed by atoms with E-state index < -0.39 is 11.7 Å². The third-order valence-corrected chi connectivity index (χ3v) is 4.71. The van der Waals surface area contributed by atoms with Crippen LogP contribution < -0.4 is 10.1 Å². The summed E-state index contributed by atoms with van der Waals surface area (Å²) in [4.78, 5) is 16.4. The van der Waals surface area contributed by atoms with Gasteiger partial charge in [0.2, 0.25) is 0 Å². The Kier molecular flexibility index (Phi) is 6.49. The third-order valence-electron chi connectivity index (χ3n) is 4.11. The van der Waals surface area contributed by atoms with Gasteiger partial charge in [0.25, 0.3) is 5.91 Å². The summed E-state index contributed by atoms with van der Waals surface area (Å²) in [5, 5.41) is 2.76. The Morgan fingerprint density at radius 3 is 2.61 bits per heavy atom. The number of carbonyl (C=O) groups excluding carboxylic acids is 1. The fourth-order valence-electron chi connectivity index (χ4n) is 2.56. The molecule has 0 fully saturated rings. The zero-order valence-corrected chi connectivity index (χ0v) is 16.5. The van der Waals surface area contributed by atoms with Gasteiger partial charge in [-0.2, -0.15) is 0 Å². The Morgan fingerprint density at radius 1 is 1.18 bits per heavy atom. The second-order valence-corrected chi connectivity index (χ2v) is 6.97. The first-order chi connectivity index (χ1) is 13.4. The molecule has 0 saturated heterocycles. The molecule has 1 heterocycles. The van der Waals surface area contributed by atoms with E-state index in [0.29, 0.717) is 12.4 Å². The summed E-state index contributed by atoms with van der Waals surface area (Å²) in [6, 6.07) is 13.1. The molecule has 2 aromatic carbocycles. The van der Waals surface area contributed by atoms with E-state index in [1.807, 2.05) is 43.3 Å². The molecular weight excluding hydrogens is 402 g/mol. The first-order valence-corrected chi connectivity index (χ1v) is 9.26. The zero-order chi connectivity index (χ0) is 20.1. The topological polar surface area (TPSA) is 51.2 Å². The maximum Gasteiger partial charge on any atom is 0.253 e. The number of rotatable bonds is 6. The molecule has 4 nitrogen and oxygen atoms in total. The minimum absolute atomic E-state index is 0.0341. The largest absolute Gasteiger partial charge is 0.489 e. The number of nitrogens with one attached hydrogen (secondary N) is 1. The standard InChI is InChI=1S/C21H17Cl2FN2O2/c1-13(26-21(27)17-9-20(24)19(23)10-18(17)22)15-4-6-16(7-5-15)28-12-14-3-2-8-25-11-14/h2-11,13H,12H2,1H3,(H,26,27). The van der Waals surface area contributed by atoms with E-state index in [0.717, 1.165) is 17.2 Å². The normalized spacial score (nSPS) is 11.7. The number of halogens is 3. The van der Waals surface area contributed by atoms with Gasteiger partial charge in [0.05, 0.1) is 21.7 Å². The van der Waals surface area contributed by atoms with Gasteiger partial charge < -0.3 is 10.1 Å². The number of amides is 1. The molecule has 0 saturated carbocycles.